The van der Waals surface area contributed by atoms with Crippen molar-refractivity contribution < 1.29 is 4.79 Å². The molecule has 2 aromatic carbocycles. The minimum atomic E-state index is -0.246. The van der Waals surface area contributed by atoms with Gasteiger partial charge in [-0.05, 0) is 36.4 Å². The van der Waals surface area contributed by atoms with E-state index < -0.39 is 0 Å². The number of benzene rings is 2. The fraction of sp³-hybridized carbons (Fsp3) is 0.118. The molecule has 3 aromatic rings. The monoisotopic (exact) mass is 327 g/mol. The molecule has 3 rings (SSSR count). The summed E-state index contributed by atoms with van der Waals surface area (Å²) in [6.07, 6.45) is 0. The summed E-state index contributed by atoms with van der Waals surface area (Å²) in [4.78, 5) is 28.9. The summed E-state index contributed by atoms with van der Waals surface area (Å²) in [7, 11) is 1.64. The van der Waals surface area contributed by atoms with Crippen molar-refractivity contribution in [2.75, 3.05) is 0 Å². The maximum atomic E-state index is 12.3. The largest absolute Gasteiger partial charge is 0.345 e. The second-order valence-corrected chi connectivity index (χ2v) is 5.54. The van der Waals surface area contributed by atoms with Crippen LogP contribution in [0, 0.1) is 0 Å². The van der Waals surface area contributed by atoms with E-state index in [1.54, 1.807) is 49.5 Å². The number of fused-ring (bicyclic) bond motifs is 1. The quantitative estimate of drug-likeness (QED) is 0.804. The predicted molar refractivity (Wildman–Crippen MR) is 89.6 cm³/mol. The average molecular weight is 328 g/mol. The minimum Gasteiger partial charge on any atom is -0.345 e. The van der Waals surface area contributed by atoms with Gasteiger partial charge in [0.2, 0.25) is 0 Å². The minimum absolute atomic E-state index is 0.133. The Labute approximate surface area is 137 Å². The molecule has 0 aliphatic rings. The van der Waals surface area contributed by atoms with Crippen molar-refractivity contribution in [3.63, 3.8) is 0 Å². The highest BCUT2D eigenvalue weighted by Crippen LogP contribution is 2.10. The number of nitrogens with one attached hydrogen (secondary N) is 1. The number of rotatable bonds is 3. The van der Waals surface area contributed by atoms with Gasteiger partial charge in [0.25, 0.3) is 11.5 Å². The second-order valence-electron chi connectivity index (χ2n) is 5.10. The summed E-state index contributed by atoms with van der Waals surface area (Å²) >= 11 is 5.80. The van der Waals surface area contributed by atoms with Crippen LogP contribution in [0.15, 0.2) is 53.3 Å². The first kappa shape index (κ1) is 15.2. The van der Waals surface area contributed by atoms with E-state index in [1.165, 1.54) is 4.57 Å². The molecule has 0 radical (unpaired) electrons. The summed E-state index contributed by atoms with van der Waals surface area (Å²) in [5.74, 6) is 0.250. The molecule has 0 aliphatic carbocycles. The number of para-hydroxylation sites is 1. The Morgan fingerprint density at radius 3 is 2.61 bits per heavy atom. The van der Waals surface area contributed by atoms with Crippen LogP contribution in [-0.2, 0) is 13.6 Å². The average Bonchev–Trinajstić information content (AvgIpc) is 2.57. The summed E-state index contributed by atoms with van der Waals surface area (Å²) < 4.78 is 1.45. The van der Waals surface area contributed by atoms with Gasteiger partial charge in [-0.3, -0.25) is 14.2 Å². The molecule has 0 saturated heterocycles. The normalized spacial score (nSPS) is 10.7. The van der Waals surface area contributed by atoms with Gasteiger partial charge in [0.1, 0.15) is 5.82 Å². The fourth-order valence-corrected chi connectivity index (χ4v) is 2.41. The number of halogens is 1. The Hall–Kier alpha value is -2.66. The third-order valence-corrected chi connectivity index (χ3v) is 3.84. The standard InChI is InChI=1S/C17H14ClN3O2/c1-21-15(20-14-5-3-2-4-13(14)17(21)23)10-19-16(22)11-6-8-12(18)9-7-11/h2-9H,10H2,1H3,(H,19,22). The van der Waals surface area contributed by atoms with E-state index in [0.29, 0.717) is 27.3 Å². The Balaban J connectivity index is 1.84. The molecule has 0 spiro atoms. The number of carbonyl (C=O) groups excluding carboxylic acids is 1. The molecule has 0 fully saturated rings. The third-order valence-electron chi connectivity index (χ3n) is 3.59. The SMILES string of the molecule is Cn1c(CNC(=O)c2ccc(Cl)cc2)nc2ccccc2c1=O. The molecule has 1 N–H and O–H groups in total. The molecule has 5 nitrogen and oxygen atoms in total. The summed E-state index contributed by atoms with van der Waals surface area (Å²) in [6.45, 7) is 0.165. The van der Waals surface area contributed by atoms with E-state index in [9.17, 15) is 9.59 Å². The zero-order valence-electron chi connectivity index (χ0n) is 12.4. The van der Waals surface area contributed by atoms with Crippen molar-refractivity contribution in [1.82, 2.24) is 14.9 Å². The number of hydrogen-bond acceptors (Lipinski definition) is 3. The number of carbonyl (C=O) groups is 1. The van der Waals surface area contributed by atoms with Gasteiger partial charge in [-0.1, -0.05) is 23.7 Å². The fourth-order valence-electron chi connectivity index (χ4n) is 2.28. The number of amides is 1. The highest BCUT2D eigenvalue weighted by Gasteiger charge is 2.10. The molecule has 0 aliphatic heterocycles. The van der Waals surface area contributed by atoms with Crippen molar-refractivity contribution in [3.8, 4) is 0 Å². The molecule has 0 atom stereocenters. The van der Waals surface area contributed by atoms with Gasteiger partial charge < -0.3 is 5.32 Å². The van der Waals surface area contributed by atoms with Crippen molar-refractivity contribution >= 4 is 28.4 Å². The first-order valence-corrected chi connectivity index (χ1v) is 7.42. The van der Waals surface area contributed by atoms with Crippen LogP contribution in [-0.4, -0.2) is 15.5 Å². The van der Waals surface area contributed by atoms with Crippen LogP contribution in [0.3, 0.4) is 0 Å². The molecule has 23 heavy (non-hydrogen) atoms. The maximum absolute atomic E-state index is 12.3. The number of hydrogen-bond donors (Lipinski definition) is 1. The van der Waals surface area contributed by atoms with Crippen molar-refractivity contribution in [2.45, 2.75) is 6.54 Å². The first-order valence-electron chi connectivity index (χ1n) is 7.04. The molecule has 0 bridgehead atoms. The lowest BCUT2D eigenvalue weighted by atomic mass is 10.2. The first-order chi connectivity index (χ1) is 11.1. The smallest absolute Gasteiger partial charge is 0.261 e. The number of aromatic nitrogens is 2. The summed E-state index contributed by atoms with van der Waals surface area (Å²) in [6, 6.07) is 13.7. The van der Waals surface area contributed by atoms with E-state index in [4.69, 9.17) is 11.6 Å². The predicted octanol–water partition coefficient (Wildman–Crippen LogP) is 2.52. The Morgan fingerprint density at radius 1 is 1.17 bits per heavy atom. The molecular formula is C17H14ClN3O2. The van der Waals surface area contributed by atoms with Gasteiger partial charge in [-0.15, -0.1) is 0 Å². The van der Waals surface area contributed by atoms with E-state index in [1.807, 2.05) is 6.07 Å². The molecule has 1 heterocycles. The topological polar surface area (TPSA) is 64.0 Å². The van der Waals surface area contributed by atoms with Crippen LogP contribution >= 0.6 is 11.6 Å². The van der Waals surface area contributed by atoms with Crippen molar-refractivity contribution in [1.29, 1.82) is 0 Å². The molecule has 116 valence electrons. The van der Waals surface area contributed by atoms with Gasteiger partial charge >= 0.3 is 0 Å². The lowest BCUT2D eigenvalue weighted by molar-refractivity contribution is 0.0949. The van der Waals surface area contributed by atoms with Crippen LogP contribution in [0.4, 0.5) is 0 Å². The van der Waals surface area contributed by atoms with Gasteiger partial charge in [-0.2, -0.15) is 0 Å². The van der Waals surface area contributed by atoms with Gasteiger partial charge in [0, 0.05) is 17.6 Å². The molecule has 1 aromatic heterocycles. The summed E-state index contributed by atoms with van der Waals surface area (Å²) in [5, 5.41) is 3.89. The van der Waals surface area contributed by atoms with Crippen molar-refractivity contribution in [2.24, 2.45) is 7.05 Å². The highest BCUT2D eigenvalue weighted by atomic mass is 35.5. The van der Waals surface area contributed by atoms with Crippen LogP contribution < -0.4 is 10.9 Å². The molecule has 1 amide bonds. The van der Waals surface area contributed by atoms with E-state index in [2.05, 4.69) is 10.3 Å². The van der Waals surface area contributed by atoms with Crippen LogP contribution in [0.2, 0.25) is 5.02 Å². The van der Waals surface area contributed by atoms with E-state index >= 15 is 0 Å². The van der Waals surface area contributed by atoms with Gasteiger partial charge in [-0.25, -0.2) is 4.98 Å². The highest BCUT2D eigenvalue weighted by molar-refractivity contribution is 6.30. The van der Waals surface area contributed by atoms with Gasteiger partial charge in [0.05, 0.1) is 17.4 Å². The zero-order chi connectivity index (χ0) is 16.4. The third kappa shape index (κ3) is 3.10. The Morgan fingerprint density at radius 2 is 1.87 bits per heavy atom. The molecular weight excluding hydrogens is 314 g/mol. The molecule has 6 heteroatoms. The van der Waals surface area contributed by atoms with Crippen LogP contribution in [0.5, 0.6) is 0 Å². The zero-order valence-corrected chi connectivity index (χ0v) is 13.2. The van der Waals surface area contributed by atoms with Crippen molar-refractivity contribution in [3.05, 3.63) is 75.3 Å². The Bertz CT molecular complexity index is 933. The number of nitrogens with zero attached hydrogens (tertiary/aromatic N) is 2. The van der Waals surface area contributed by atoms with E-state index in [-0.39, 0.29) is 18.0 Å². The second kappa shape index (κ2) is 6.22. The van der Waals surface area contributed by atoms with Gasteiger partial charge in [0.15, 0.2) is 0 Å². The molecule has 0 saturated carbocycles. The summed E-state index contributed by atoms with van der Waals surface area (Å²) in [5.41, 5.74) is 0.984. The lowest BCUT2D eigenvalue weighted by Crippen LogP contribution is -2.29. The Kier molecular flexibility index (Phi) is 4.12. The molecule has 0 unspecified atom stereocenters. The van der Waals surface area contributed by atoms with Crippen LogP contribution in [0.25, 0.3) is 10.9 Å². The van der Waals surface area contributed by atoms with Crippen LogP contribution in [0.1, 0.15) is 16.2 Å². The maximum Gasteiger partial charge on any atom is 0.261 e. The lowest BCUT2D eigenvalue weighted by Gasteiger charge is -2.10. The van der Waals surface area contributed by atoms with E-state index in [0.717, 1.165) is 0 Å².